The van der Waals surface area contributed by atoms with Gasteiger partial charge in [0.1, 0.15) is 0 Å². The van der Waals surface area contributed by atoms with Crippen molar-refractivity contribution < 1.29 is 27.8 Å². The summed E-state index contributed by atoms with van der Waals surface area (Å²) in [7, 11) is 3.01. The number of carbonyl (C=O) groups excluding carboxylic acids is 2. The van der Waals surface area contributed by atoms with Crippen molar-refractivity contribution in [3.05, 3.63) is 53.6 Å². The van der Waals surface area contributed by atoms with Crippen molar-refractivity contribution in [1.29, 1.82) is 0 Å². The average Bonchev–Trinajstić information content (AvgIpc) is 2.63. The number of benzene rings is 2. The molecule has 2 rings (SSSR count). The predicted octanol–water partition coefficient (Wildman–Crippen LogP) is 3.46. The van der Waals surface area contributed by atoms with E-state index in [1.807, 2.05) is 0 Å². The Labute approximate surface area is 162 Å². The van der Waals surface area contributed by atoms with Gasteiger partial charge in [-0.05, 0) is 35.4 Å². The third kappa shape index (κ3) is 6.22. The number of nitrogens with zero attached hydrogens (tertiary/aromatic N) is 1. The van der Waals surface area contributed by atoms with Crippen LogP contribution in [0.5, 0.6) is 11.5 Å². The minimum atomic E-state index is -2.94. The number of likely N-dealkylation sites (N-methyl/N-ethyl adjacent to an activating group) is 1. The topological polar surface area (TPSA) is 67.9 Å². The van der Waals surface area contributed by atoms with Gasteiger partial charge in [-0.25, -0.2) is 0 Å². The third-order valence-electron chi connectivity index (χ3n) is 3.92. The van der Waals surface area contributed by atoms with Gasteiger partial charge >= 0.3 is 6.61 Å². The molecule has 0 heterocycles. The lowest BCUT2D eigenvalue weighted by molar-refractivity contribution is -0.129. The summed E-state index contributed by atoms with van der Waals surface area (Å²) in [5, 5.41) is 2.66. The second-order valence-corrected chi connectivity index (χ2v) is 6.17. The van der Waals surface area contributed by atoms with Crippen LogP contribution in [0.3, 0.4) is 0 Å². The van der Waals surface area contributed by atoms with Crippen LogP contribution in [0.15, 0.2) is 42.5 Å². The van der Waals surface area contributed by atoms with Gasteiger partial charge in [0.05, 0.1) is 13.5 Å². The van der Waals surface area contributed by atoms with Crippen molar-refractivity contribution >= 4 is 17.5 Å². The Balaban J connectivity index is 1.99. The van der Waals surface area contributed by atoms with Crippen LogP contribution >= 0.6 is 0 Å². The van der Waals surface area contributed by atoms with E-state index in [2.05, 4.69) is 10.1 Å². The van der Waals surface area contributed by atoms with E-state index in [1.54, 1.807) is 43.4 Å². The van der Waals surface area contributed by atoms with Gasteiger partial charge < -0.3 is 19.7 Å². The molecule has 0 aliphatic rings. The predicted molar refractivity (Wildman–Crippen MR) is 101 cm³/mol. The van der Waals surface area contributed by atoms with Crippen LogP contribution < -0.4 is 14.8 Å². The fraction of sp³-hybridized carbons (Fsp3) is 0.300. The van der Waals surface area contributed by atoms with Crippen LogP contribution in [0.25, 0.3) is 0 Å². The highest BCUT2D eigenvalue weighted by atomic mass is 19.3. The molecule has 8 heteroatoms. The van der Waals surface area contributed by atoms with E-state index in [-0.39, 0.29) is 36.3 Å². The second-order valence-electron chi connectivity index (χ2n) is 6.17. The van der Waals surface area contributed by atoms with Crippen molar-refractivity contribution in [3.8, 4) is 11.5 Å². The summed E-state index contributed by atoms with van der Waals surface area (Å²) >= 11 is 0. The minimum Gasteiger partial charge on any atom is -0.493 e. The summed E-state index contributed by atoms with van der Waals surface area (Å²) in [6.07, 6.45) is 0.195. The van der Waals surface area contributed by atoms with Crippen LogP contribution in [0.4, 0.5) is 14.5 Å². The van der Waals surface area contributed by atoms with Gasteiger partial charge in [-0.1, -0.05) is 18.2 Å². The van der Waals surface area contributed by atoms with Gasteiger partial charge in [0.25, 0.3) is 0 Å². The van der Waals surface area contributed by atoms with E-state index in [1.165, 1.54) is 25.0 Å². The van der Waals surface area contributed by atoms with Crippen molar-refractivity contribution in [3.63, 3.8) is 0 Å². The Morgan fingerprint density at radius 1 is 1.07 bits per heavy atom. The van der Waals surface area contributed by atoms with Crippen LogP contribution in [0.1, 0.15) is 18.1 Å². The van der Waals surface area contributed by atoms with Crippen LogP contribution in [-0.2, 0) is 22.6 Å². The Bertz CT molecular complexity index is 825. The van der Waals surface area contributed by atoms with Gasteiger partial charge in [0.15, 0.2) is 11.5 Å². The lowest BCUT2D eigenvalue weighted by atomic mass is 10.1. The highest BCUT2D eigenvalue weighted by Gasteiger charge is 2.14. The van der Waals surface area contributed by atoms with E-state index in [4.69, 9.17) is 4.74 Å². The Morgan fingerprint density at radius 3 is 2.29 bits per heavy atom. The SMILES string of the molecule is COc1cc(CN(C)C(=O)Cc2ccc(NC(C)=O)cc2)ccc1OC(F)F. The highest BCUT2D eigenvalue weighted by molar-refractivity contribution is 5.88. The molecule has 2 amide bonds. The van der Waals surface area contributed by atoms with Crippen molar-refractivity contribution in [2.45, 2.75) is 26.5 Å². The fourth-order valence-corrected chi connectivity index (χ4v) is 2.58. The largest absolute Gasteiger partial charge is 0.493 e. The van der Waals surface area contributed by atoms with E-state index < -0.39 is 6.61 Å². The standard InChI is InChI=1S/C20H22F2N2O4/c1-13(25)23-16-7-4-14(5-8-16)11-19(26)24(2)12-15-6-9-17(28-20(21)22)18(10-15)27-3/h4-10,20H,11-12H2,1-3H3,(H,23,25). The quantitative estimate of drug-likeness (QED) is 0.747. The van der Waals surface area contributed by atoms with Gasteiger partial charge in [0, 0.05) is 26.2 Å². The summed E-state index contributed by atoms with van der Waals surface area (Å²) < 4.78 is 34.3. The number of carbonyl (C=O) groups is 2. The monoisotopic (exact) mass is 392 g/mol. The Morgan fingerprint density at radius 2 is 1.71 bits per heavy atom. The smallest absolute Gasteiger partial charge is 0.387 e. The minimum absolute atomic E-state index is 0.0607. The maximum atomic E-state index is 12.4. The molecule has 2 aromatic rings. The van der Waals surface area contributed by atoms with E-state index in [9.17, 15) is 18.4 Å². The number of methoxy groups -OCH3 is 1. The fourth-order valence-electron chi connectivity index (χ4n) is 2.58. The summed E-state index contributed by atoms with van der Waals surface area (Å²) in [6.45, 7) is -1.23. The molecule has 28 heavy (non-hydrogen) atoms. The molecule has 0 saturated heterocycles. The molecule has 0 aromatic heterocycles. The van der Waals surface area contributed by atoms with E-state index in [0.717, 1.165) is 11.1 Å². The number of anilines is 1. The number of hydrogen-bond donors (Lipinski definition) is 1. The molecule has 0 radical (unpaired) electrons. The lowest BCUT2D eigenvalue weighted by Gasteiger charge is -2.19. The summed E-state index contributed by atoms with van der Waals surface area (Å²) in [6, 6.07) is 11.6. The number of hydrogen-bond acceptors (Lipinski definition) is 4. The normalized spacial score (nSPS) is 10.5. The highest BCUT2D eigenvalue weighted by Crippen LogP contribution is 2.29. The molecule has 0 bridgehead atoms. The summed E-state index contributed by atoms with van der Waals surface area (Å²) in [5.74, 6) is -0.162. The molecule has 2 aromatic carbocycles. The molecular weight excluding hydrogens is 370 g/mol. The number of nitrogens with one attached hydrogen (secondary N) is 1. The number of alkyl halides is 2. The second kappa shape index (κ2) is 9.68. The van der Waals surface area contributed by atoms with Gasteiger partial charge in [-0.3, -0.25) is 9.59 Å². The third-order valence-corrected chi connectivity index (χ3v) is 3.92. The number of rotatable bonds is 8. The molecule has 0 unspecified atom stereocenters. The van der Waals surface area contributed by atoms with E-state index >= 15 is 0 Å². The van der Waals surface area contributed by atoms with Crippen LogP contribution in [0.2, 0.25) is 0 Å². The van der Waals surface area contributed by atoms with Crippen LogP contribution in [-0.4, -0.2) is 37.5 Å². The van der Waals surface area contributed by atoms with Gasteiger partial charge in [0.2, 0.25) is 11.8 Å². The number of amides is 2. The molecule has 0 fully saturated rings. The first-order chi connectivity index (χ1) is 13.3. The molecule has 0 atom stereocenters. The molecule has 0 saturated carbocycles. The molecule has 0 spiro atoms. The first-order valence-electron chi connectivity index (χ1n) is 8.50. The zero-order chi connectivity index (χ0) is 20.7. The molecule has 0 aliphatic carbocycles. The average molecular weight is 392 g/mol. The number of ether oxygens (including phenoxy) is 2. The molecule has 1 N–H and O–H groups in total. The number of halogens is 2. The Hall–Kier alpha value is -3.16. The van der Waals surface area contributed by atoms with E-state index in [0.29, 0.717) is 5.69 Å². The summed E-state index contributed by atoms with van der Waals surface area (Å²) in [4.78, 5) is 25.0. The maximum Gasteiger partial charge on any atom is 0.387 e. The molecule has 6 nitrogen and oxygen atoms in total. The zero-order valence-corrected chi connectivity index (χ0v) is 15.9. The van der Waals surface area contributed by atoms with Gasteiger partial charge in [-0.15, -0.1) is 0 Å². The molecular formula is C20H22F2N2O4. The molecule has 150 valence electrons. The van der Waals surface area contributed by atoms with Crippen LogP contribution in [0, 0.1) is 0 Å². The zero-order valence-electron chi connectivity index (χ0n) is 15.9. The first-order valence-corrected chi connectivity index (χ1v) is 8.50. The van der Waals surface area contributed by atoms with Crippen molar-refractivity contribution in [2.24, 2.45) is 0 Å². The summed E-state index contributed by atoms with van der Waals surface area (Å²) in [5.41, 5.74) is 2.19. The van der Waals surface area contributed by atoms with Crippen molar-refractivity contribution in [2.75, 3.05) is 19.5 Å². The molecule has 0 aliphatic heterocycles. The lowest BCUT2D eigenvalue weighted by Crippen LogP contribution is -2.27. The first kappa shape index (κ1) is 21.1. The Kier molecular flexibility index (Phi) is 7.31. The van der Waals surface area contributed by atoms with Crippen molar-refractivity contribution in [1.82, 2.24) is 4.90 Å². The van der Waals surface area contributed by atoms with Gasteiger partial charge in [-0.2, -0.15) is 8.78 Å². The maximum absolute atomic E-state index is 12.4.